The average molecular weight is 271 g/mol. The normalized spacial score (nSPS) is 17.2. The van der Waals surface area contributed by atoms with Crippen molar-refractivity contribution in [1.82, 2.24) is 15.3 Å². The zero-order valence-corrected chi connectivity index (χ0v) is 11.2. The number of fused-ring (bicyclic) bond motifs is 1. The molecule has 1 aliphatic rings. The van der Waals surface area contributed by atoms with Gasteiger partial charge in [0.15, 0.2) is 0 Å². The standard InChI is InChI=1S/C15H17N3O2/c19-14(18-10-15(20)6-1-2-7-15)11-4-3-5-12-13(11)17-9-8-16-12/h3-5,8-9,20H,1-2,6-7,10H2,(H,18,19). The highest BCUT2D eigenvalue weighted by Crippen LogP contribution is 2.28. The third kappa shape index (κ3) is 2.49. The van der Waals surface area contributed by atoms with Gasteiger partial charge < -0.3 is 10.4 Å². The molecule has 2 aromatic rings. The van der Waals surface area contributed by atoms with E-state index in [2.05, 4.69) is 15.3 Å². The van der Waals surface area contributed by atoms with Crippen molar-refractivity contribution in [2.45, 2.75) is 31.3 Å². The van der Waals surface area contributed by atoms with Gasteiger partial charge in [0.05, 0.1) is 16.7 Å². The lowest BCUT2D eigenvalue weighted by molar-refractivity contribution is 0.0450. The van der Waals surface area contributed by atoms with Gasteiger partial charge in [0, 0.05) is 18.9 Å². The number of carbonyl (C=O) groups excluding carboxylic acids is 1. The molecule has 1 aromatic heterocycles. The Kier molecular flexibility index (Phi) is 3.36. The zero-order valence-electron chi connectivity index (χ0n) is 11.2. The molecule has 20 heavy (non-hydrogen) atoms. The molecule has 104 valence electrons. The van der Waals surface area contributed by atoms with E-state index in [0.717, 1.165) is 25.7 Å². The number of hydrogen-bond acceptors (Lipinski definition) is 4. The van der Waals surface area contributed by atoms with Gasteiger partial charge in [-0.05, 0) is 25.0 Å². The maximum atomic E-state index is 12.3. The zero-order chi connectivity index (χ0) is 14.0. The van der Waals surface area contributed by atoms with E-state index in [1.165, 1.54) is 0 Å². The van der Waals surface area contributed by atoms with Crippen LogP contribution in [0.4, 0.5) is 0 Å². The molecule has 1 saturated carbocycles. The predicted molar refractivity (Wildman–Crippen MR) is 75.3 cm³/mol. The second kappa shape index (κ2) is 5.17. The molecule has 1 aromatic carbocycles. The van der Waals surface area contributed by atoms with E-state index in [4.69, 9.17) is 0 Å². The Labute approximate surface area is 117 Å². The molecule has 1 heterocycles. The SMILES string of the molecule is O=C(NCC1(O)CCCC1)c1cccc2nccnc12. The molecule has 2 N–H and O–H groups in total. The largest absolute Gasteiger partial charge is 0.388 e. The van der Waals surface area contributed by atoms with Crippen LogP contribution in [-0.2, 0) is 0 Å². The first kappa shape index (κ1) is 13.0. The smallest absolute Gasteiger partial charge is 0.253 e. The first-order valence-corrected chi connectivity index (χ1v) is 6.88. The van der Waals surface area contributed by atoms with E-state index in [0.29, 0.717) is 23.1 Å². The van der Waals surface area contributed by atoms with Crippen molar-refractivity contribution in [2.24, 2.45) is 0 Å². The van der Waals surface area contributed by atoms with E-state index in [1.54, 1.807) is 24.5 Å². The van der Waals surface area contributed by atoms with Crippen LogP contribution in [0, 0.1) is 0 Å². The Balaban J connectivity index is 1.79. The fourth-order valence-corrected chi connectivity index (χ4v) is 2.73. The summed E-state index contributed by atoms with van der Waals surface area (Å²) in [7, 11) is 0. The molecule has 0 spiro atoms. The summed E-state index contributed by atoms with van der Waals surface area (Å²) < 4.78 is 0. The molecule has 5 nitrogen and oxygen atoms in total. The quantitative estimate of drug-likeness (QED) is 0.890. The molecule has 0 radical (unpaired) electrons. The summed E-state index contributed by atoms with van der Waals surface area (Å²) in [5.74, 6) is -0.212. The number of nitrogens with one attached hydrogen (secondary N) is 1. The molecule has 1 aliphatic carbocycles. The second-order valence-electron chi connectivity index (χ2n) is 5.34. The summed E-state index contributed by atoms with van der Waals surface area (Å²) in [4.78, 5) is 20.7. The monoisotopic (exact) mass is 271 g/mol. The Morgan fingerprint density at radius 3 is 2.80 bits per heavy atom. The van der Waals surface area contributed by atoms with E-state index in [1.807, 2.05) is 6.07 Å². The lowest BCUT2D eigenvalue weighted by atomic mass is 10.0. The third-order valence-corrected chi connectivity index (χ3v) is 3.86. The molecule has 3 rings (SSSR count). The van der Waals surface area contributed by atoms with Crippen LogP contribution in [0.5, 0.6) is 0 Å². The van der Waals surface area contributed by atoms with Gasteiger partial charge in [0.1, 0.15) is 5.52 Å². The summed E-state index contributed by atoms with van der Waals surface area (Å²) in [6.45, 7) is 0.294. The van der Waals surface area contributed by atoms with Crippen molar-refractivity contribution in [3.8, 4) is 0 Å². The highest BCUT2D eigenvalue weighted by molar-refractivity contribution is 6.04. The van der Waals surface area contributed by atoms with Gasteiger partial charge in [0.2, 0.25) is 0 Å². The summed E-state index contributed by atoms with van der Waals surface area (Å²) in [5.41, 5.74) is 1.04. The molecule has 0 atom stereocenters. The number of amides is 1. The van der Waals surface area contributed by atoms with E-state index < -0.39 is 5.60 Å². The summed E-state index contributed by atoms with van der Waals surface area (Å²) in [6.07, 6.45) is 6.72. The van der Waals surface area contributed by atoms with Crippen LogP contribution in [0.25, 0.3) is 11.0 Å². The van der Waals surface area contributed by atoms with Crippen molar-refractivity contribution < 1.29 is 9.90 Å². The molecule has 1 amide bonds. The van der Waals surface area contributed by atoms with Crippen LogP contribution < -0.4 is 5.32 Å². The molecule has 0 saturated heterocycles. The minimum atomic E-state index is -0.744. The van der Waals surface area contributed by atoms with E-state index >= 15 is 0 Å². The first-order valence-electron chi connectivity index (χ1n) is 6.88. The molecule has 0 bridgehead atoms. The molecule has 5 heteroatoms. The van der Waals surface area contributed by atoms with Crippen LogP contribution >= 0.6 is 0 Å². The minimum absolute atomic E-state index is 0.212. The average Bonchev–Trinajstić information content (AvgIpc) is 2.91. The van der Waals surface area contributed by atoms with Crippen molar-refractivity contribution in [1.29, 1.82) is 0 Å². The second-order valence-corrected chi connectivity index (χ2v) is 5.34. The Morgan fingerprint density at radius 2 is 2.00 bits per heavy atom. The van der Waals surface area contributed by atoms with Gasteiger partial charge in [0.25, 0.3) is 5.91 Å². The van der Waals surface area contributed by atoms with Gasteiger partial charge in [-0.25, -0.2) is 0 Å². The highest BCUT2D eigenvalue weighted by atomic mass is 16.3. The molecular formula is C15H17N3O2. The van der Waals surface area contributed by atoms with E-state index in [9.17, 15) is 9.90 Å². The topological polar surface area (TPSA) is 75.1 Å². The van der Waals surface area contributed by atoms with Crippen molar-refractivity contribution in [3.63, 3.8) is 0 Å². The summed E-state index contributed by atoms with van der Waals surface area (Å²) in [6, 6.07) is 5.34. The number of rotatable bonds is 3. The van der Waals surface area contributed by atoms with Crippen molar-refractivity contribution in [2.75, 3.05) is 6.54 Å². The molecule has 0 unspecified atom stereocenters. The number of carbonyl (C=O) groups is 1. The minimum Gasteiger partial charge on any atom is -0.388 e. The fraction of sp³-hybridized carbons (Fsp3) is 0.400. The number of hydrogen-bond donors (Lipinski definition) is 2. The Bertz CT molecular complexity index is 631. The lowest BCUT2D eigenvalue weighted by Crippen LogP contribution is -2.40. The maximum Gasteiger partial charge on any atom is 0.253 e. The molecular weight excluding hydrogens is 254 g/mol. The van der Waals surface area contributed by atoms with Gasteiger partial charge in [-0.2, -0.15) is 0 Å². The predicted octanol–water partition coefficient (Wildman–Crippen LogP) is 1.66. The van der Waals surface area contributed by atoms with Crippen LogP contribution in [0.15, 0.2) is 30.6 Å². The fourth-order valence-electron chi connectivity index (χ4n) is 2.73. The number of para-hydroxylation sites is 1. The summed E-state index contributed by atoms with van der Waals surface area (Å²) in [5, 5.41) is 13.1. The number of aliphatic hydroxyl groups is 1. The summed E-state index contributed by atoms with van der Waals surface area (Å²) >= 11 is 0. The number of nitrogens with zero attached hydrogens (tertiary/aromatic N) is 2. The van der Waals surface area contributed by atoms with Gasteiger partial charge in [-0.3, -0.25) is 14.8 Å². The van der Waals surface area contributed by atoms with Gasteiger partial charge >= 0.3 is 0 Å². The van der Waals surface area contributed by atoms with Gasteiger partial charge in [-0.15, -0.1) is 0 Å². The molecule has 0 aliphatic heterocycles. The number of benzene rings is 1. The molecule has 1 fully saturated rings. The van der Waals surface area contributed by atoms with Crippen LogP contribution in [0.3, 0.4) is 0 Å². The Morgan fingerprint density at radius 1 is 1.25 bits per heavy atom. The number of aromatic nitrogens is 2. The highest BCUT2D eigenvalue weighted by Gasteiger charge is 2.31. The van der Waals surface area contributed by atoms with Crippen LogP contribution in [0.2, 0.25) is 0 Å². The maximum absolute atomic E-state index is 12.3. The Hall–Kier alpha value is -2.01. The van der Waals surface area contributed by atoms with Crippen molar-refractivity contribution in [3.05, 3.63) is 36.2 Å². The first-order chi connectivity index (χ1) is 9.68. The van der Waals surface area contributed by atoms with Crippen LogP contribution in [-0.4, -0.2) is 33.1 Å². The lowest BCUT2D eigenvalue weighted by Gasteiger charge is -2.22. The third-order valence-electron chi connectivity index (χ3n) is 3.86. The van der Waals surface area contributed by atoms with E-state index in [-0.39, 0.29) is 5.91 Å². The van der Waals surface area contributed by atoms with Crippen molar-refractivity contribution >= 4 is 16.9 Å². The van der Waals surface area contributed by atoms with Gasteiger partial charge in [-0.1, -0.05) is 18.9 Å². The van der Waals surface area contributed by atoms with Crippen LogP contribution in [0.1, 0.15) is 36.0 Å².